The predicted octanol–water partition coefficient (Wildman–Crippen LogP) is 3.00. The van der Waals surface area contributed by atoms with E-state index in [0.29, 0.717) is 37.3 Å². The zero-order valence-electron chi connectivity index (χ0n) is 12.2. The predicted molar refractivity (Wildman–Crippen MR) is 82.4 cm³/mol. The van der Waals surface area contributed by atoms with Crippen molar-refractivity contribution >= 4 is 17.6 Å². The van der Waals surface area contributed by atoms with Gasteiger partial charge in [-0.1, -0.05) is 23.7 Å². The van der Waals surface area contributed by atoms with Crippen molar-refractivity contribution in [2.75, 3.05) is 6.54 Å². The van der Waals surface area contributed by atoms with Crippen LogP contribution >= 0.6 is 11.6 Å². The number of carboxylic acid groups (broad SMARTS) is 1. The summed E-state index contributed by atoms with van der Waals surface area (Å²) < 4.78 is 0. The van der Waals surface area contributed by atoms with Gasteiger partial charge >= 0.3 is 5.97 Å². The lowest BCUT2D eigenvalue weighted by molar-refractivity contribution is -0.144. The van der Waals surface area contributed by atoms with Crippen molar-refractivity contribution in [3.63, 3.8) is 0 Å². The fourth-order valence-electron chi connectivity index (χ4n) is 2.79. The summed E-state index contributed by atoms with van der Waals surface area (Å²) in [6.45, 7) is 2.51. The molecule has 1 aliphatic rings. The number of aliphatic carboxylic acids is 1. The Balaban J connectivity index is 1.85. The van der Waals surface area contributed by atoms with E-state index in [1.54, 1.807) is 0 Å². The van der Waals surface area contributed by atoms with Crippen LogP contribution in [0, 0.1) is 5.92 Å². The van der Waals surface area contributed by atoms with Crippen LogP contribution in [0.2, 0.25) is 5.02 Å². The first-order valence-electron chi connectivity index (χ1n) is 7.34. The highest BCUT2D eigenvalue weighted by Gasteiger charge is 2.35. The molecule has 0 amide bonds. The molecule has 3 N–H and O–H groups in total. The molecule has 0 heterocycles. The van der Waals surface area contributed by atoms with Crippen LogP contribution < -0.4 is 5.32 Å². The first-order chi connectivity index (χ1) is 9.89. The Labute approximate surface area is 130 Å². The molecule has 0 radical (unpaired) electrons. The highest BCUT2D eigenvalue weighted by Crippen LogP contribution is 2.32. The first-order valence-corrected chi connectivity index (χ1v) is 7.71. The summed E-state index contributed by atoms with van der Waals surface area (Å²) in [6, 6.07) is 7.74. The van der Waals surface area contributed by atoms with Gasteiger partial charge in [-0.15, -0.1) is 0 Å². The molecule has 0 aliphatic heterocycles. The molecule has 4 nitrogen and oxygen atoms in total. The lowest BCUT2D eigenvalue weighted by Gasteiger charge is -2.35. The molecular weight excluding hydrogens is 290 g/mol. The minimum absolute atomic E-state index is 0.114. The van der Waals surface area contributed by atoms with Crippen molar-refractivity contribution < 1.29 is 15.0 Å². The average molecular weight is 312 g/mol. The van der Waals surface area contributed by atoms with Crippen LogP contribution in [-0.4, -0.2) is 28.3 Å². The Morgan fingerprint density at radius 2 is 1.95 bits per heavy atom. The summed E-state index contributed by atoms with van der Waals surface area (Å²) in [5.74, 6) is -1.06. The Bertz CT molecular complexity index is 481. The fraction of sp³-hybridized carbons (Fsp3) is 0.562. The van der Waals surface area contributed by atoms with Crippen LogP contribution in [0.25, 0.3) is 0 Å². The summed E-state index contributed by atoms with van der Waals surface area (Å²) in [6.07, 6.45) is 2.15. The van der Waals surface area contributed by atoms with Crippen LogP contribution in [-0.2, 0) is 4.79 Å². The first kappa shape index (κ1) is 16.3. The second-order valence-electron chi connectivity index (χ2n) is 5.99. The molecule has 1 aliphatic carbocycles. The smallest absolute Gasteiger partial charge is 0.306 e. The van der Waals surface area contributed by atoms with Crippen LogP contribution in [0.3, 0.4) is 0 Å². The number of halogens is 1. The molecule has 0 saturated heterocycles. The van der Waals surface area contributed by atoms with Crippen molar-refractivity contribution in [1.29, 1.82) is 0 Å². The van der Waals surface area contributed by atoms with Gasteiger partial charge < -0.3 is 15.5 Å². The van der Waals surface area contributed by atoms with Gasteiger partial charge in [-0.25, -0.2) is 0 Å². The zero-order valence-corrected chi connectivity index (χ0v) is 12.9. The van der Waals surface area contributed by atoms with E-state index in [1.165, 1.54) is 0 Å². The molecule has 2 rings (SSSR count). The minimum Gasteiger partial charge on any atom is -0.481 e. The third kappa shape index (κ3) is 4.43. The fourth-order valence-corrected chi connectivity index (χ4v) is 2.92. The summed E-state index contributed by atoms with van der Waals surface area (Å²) in [7, 11) is 0. The number of nitrogens with one attached hydrogen (secondary N) is 1. The second-order valence-corrected chi connectivity index (χ2v) is 6.43. The largest absolute Gasteiger partial charge is 0.481 e. The Morgan fingerprint density at radius 1 is 1.38 bits per heavy atom. The quantitative estimate of drug-likeness (QED) is 0.782. The summed E-state index contributed by atoms with van der Waals surface area (Å²) in [5.41, 5.74) is 0.314. The van der Waals surface area contributed by atoms with Crippen molar-refractivity contribution in [3.05, 3.63) is 34.9 Å². The normalized spacial score (nSPS) is 27.3. The Morgan fingerprint density at radius 3 is 2.48 bits per heavy atom. The van der Waals surface area contributed by atoms with Gasteiger partial charge in [0.2, 0.25) is 0 Å². The second kappa shape index (κ2) is 6.77. The molecule has 116 valence electrons. The van der Waals surface area contributed by atoms with Crippen LogP contribution in [0.5, 0.6) is 0 Å². The maximum Gasteiger partial charge on any atom is 0.306 e. The van der Waals surface area contributed by atoms with Crippen molar-refractivity contribution in [3.8, 4) is 0 Å². The van der Waals surface area contributed by atoms with Gasteiger partial charge in [0.1, 0.15) is 0 Å². The minimum atomic E-state index is -0.799. The average Bonchev–Trinajstić information content (AvgIpc) is 2.46. The van der Waals surface area contributed by atoms with E-state index in [1.807, 2.05) is 31.2 Å². The number of carbonyl (C=O) groups is 1. The Kier molecular flexibility index (Phi) is 5.25. The highest BCUT2D eigenvalue weighted by atomic mass is 35.5. The molecule has 21 heavy (non-hydrogen) atoms. The molecule has 0 bridgehead atoms. The maximum absolute atomic E-state index is 10.9. The summed E-state index contributed by atoms with van der Waals surface area (Å²) in [4.78, 5) is 10.9. The van der Waals surface area contributed by atoms with Crippen molar-refractivity contribution in [2.45, 2.75) is 44.2 Å². The number of hydrogen-bond donors (Lipinski definition) is 3. The molecule has 1 aromatic rings. The molecule has 0 spiro atoms. The number of rotatable bonds is 5. The molecule has 1 saturated carbocycles. The maximum atomic E-state index is 10.9. The van der Waals surface area contributed by atoms with Gasteiger partial charge in [-0.05, 0) is 50.3 Å². The number of carboxylic acids is 1. The van der Waals surface area contributed by atoms with Gasteiger partial charge in [-0.3, -0.25) is 4.79 Å². The molecule has 0 unspecified atom stereocenters. The molecule has 1 aromatic carbocycles. The van der Waals surface area contributed by atoms with E-state index in [9.17, 15) is 9.90 Å². The van der Waals surface area contributed by atoms with E-state index in [-0.39, 0.29) is 12.0 Å². The van der Waals surface area contributed by atoms with Gasteiger partial charge in [0.15, 0.2) is 0 Å². The van der Waals surface area contributed by atoms with E-state index in [0.717, 1.165) is 5.56 Å². The summed E-state index contributed by atoms with van der Waals surface area (Å²) >= 11 is 5.87. The molecule has 5 heteroatoms. The molecule has 1 fully saturated rings. The lowest BCUT2D eigenvalue weighted by atomic mass is 9.78. The van der Waals surface area contributed by atoms with Crippen LogP contribution in [0.15, 0.2) is 24.3 Å². The third-order valence-corrected chi connectivity index (χ3v) is 4.62. The van der Waals surface area contributed by atoms with Crippen molar-refractivity contribution in [1.82, 2.24) is 5.32 Å². The van der Waals surface area contributed by atoms with Gasteiger partial charge in [0, 0.05) is 17.6 Å². The molecular formula is C16H22ClNO3. The molecule has 0 aromatic heterocycles. The van der Waals surface area contributed by atoms with E-state index in [2.05, 4.69) is 5.32 Å². The summed E-state index contributed by atoms with van der Waals surface area (Å²) in [5, 5.41) is 23.6. The van der Waals surface area contributed by atoms with Crippen LogP contribution in [0.4, 0.5) is 0 Å². The highest BCUT2D eigenvalue weighted by molar-refractivity contribution is 6.30. The SMILES string of the molecule is C[C@@H](NCC1(O)CCC(C(=O)O)CC1)c1ccc(Cl)cc1. The molecule has 1 atom stereocenters. The van der Waals surface area contributed by atoms with Crippen LogP contribution in [0.1, 0.15) is 44.2 Å². The third-order valence-electron chi connectivity index (χ3n) is 4.37. The number of hydrogen-bond acceptors (Lipinski definition) is 3. The zero-order chi connectivity index (χ0) is 15.5. The monoisotopic (exact) mass is 311 g/mol. The van der Waals surface area contributed by atoms with E-state index >= 15 is 0 Å². The Hall–Kier alpha value is -1.10. The van der Waals surface area contributed by atoms with E-state index < -0.39 is 11.6 Å². The number of benzene rings is 1. The topological polar surface area (TPSA) is 69.6 Å². The van der Waals surface area contributed by atoms with Gasteiger partial charge in [0.25, 0.3) is 0 Å². The van der Waals surface area contributed by atoms with Gasteiger partial charge in [-0.2, -0.15) is 0 Å². The lowest BCUT2D eigenvalue weighted by Crippen LogP contribution is -2.45. The number of aliphatic hydroxyl groups is 1. The van der Waals surface area contributed by atoms with Crippen molar-refractivity contribution in [2.24, 2.45) is 5.92 Å². The standard InChI is InChI=1S/C16H22ClNO3/c1-11(12-2-4-14(17)5-3-12)18-10-16(21)8-6-13(7-9-16)15(19)20/h2-5,11,13,18,21H,6-10H2,1H3,(H,19,20)/t11-,13?,16?/m1/s1. The van der Waals surface area contributed by atoms with Gasteiger partial charge in [0.05, 0.1) is 11.5 Å². The van der Waals surface area contributed by atoms with E-state index in [4.69, 9.17) is 16.7 Å².